The molecule has 2 rings (SSSR count). The van der Waals surface area contributed by atoms with Gasteiger partial charge in [0.1, 0.15) is 0 Å². The van der Waals surface area contributed by atoms with Crippen molar-refractivity contribution < 1.29 is 78.0 Å². The van der Waals surface area contributed by atoms with E-state index in [1.165, 1.54) is 64.2 Å². The maximum Gasteiger partial charge on any atom is 2.00 e. The van der Waals surface area contributed by atoms with Gasteiger partial charge in [-0.25, -0.2) is 20.1 Å². The Morgan fingerprint density at radius 1 is 0.490 bits per heavy atom. The Labute approximate surface area is 367 Å². The summed E-state index contributed by atoms with van der Waals surface area (Å²) in [6, 6.07) is 15.9. The minimum absolute atomic E-state index is 0. The van der Waals surface area contributed by atoms with Crippen LogP contribution in [0.3, 0.4) is 0 Å². The number of unbranched alkanes of at least 4 members (excludes halogenated alkanes) is 12. The van der Waals surface area contributed by atoms with Crippen LogP contribution in [0.25, 0.3) is 0 Å². The summed E-state index contributed by atoms with van der Waals surface area (Å²) in [5.74, 6) is 2.39. The predicted molar refractivity (Wildman–Crippen MR) is 216 cm³/mol. The van der Waals surface area contributed by atoms with E-state index in [1.54, 1.807) is 0 Å². The number of rotatable bonds is 22. The summed E-state index contributed by atoms with van der Waals surface area (Å²) >= 11 is 9.82. The van der Waals surface area contributed by atoms with Gasteiger partial charge < -0.3 is 55.5 Å². The van der Waals surface area contributed by atoms with E-state index in [4.69, 9.17) is 24.5 Å². The van der Waals surface area contributed by atoms with Gasteiger partial charge in [0, 0.05) is 9.79 Å². The third-order valence-electron chi connectivity index (χ3n) is 8.13. The molecule has 2 aromatic rings. The van der Waals surface area contributed by atoms with E-state index in [2.05, 4.69) is 53.7 Å². The van der Waals surface area contributed by atoms with Crippen LogP contribution >= 0.6 is 11.4 Å². The molecule has 0 aliphatic rings. The summed E-state index contributed by atoms with van der Waals surface area (Å²) in [5.41, 5.74) is -5.24. The van der Waals surface area contributed by atoms with Gasteiger partial charge in [-0.1, -0.05) is 155 Å². The van der Waals surface area contributed by atoms with Gasteiger partial charge in [-0.2, -0.15) is 0 Å². The van der Waals surface area contributed by atoms with Crippen molar-refractivity contribution >= 4 is 56.0 Å². The Balaban J connectivity index is -0.000000853. The van der Waals surface area contributed by atoms with E-state index in [0.29, 0.717) is 23.3 Å². The van der Waals surface area contributed by atoms with Crippen LogP contribution in [0.4, 0.5) is 0 Å². The van der Waals surface area contributed by atoms with Gasteiger partial charge in [-0.05, 0) is 72.3 Å². The van der Waals surface area contributed by atoms with Gasteiger partial charge in [-0.15, -0.1) is 0 Å². The number of hydrogen-bond acceptors (Lipinski definition) is 6. The van der Waals surface area contributed by atoms with E-state index in [0.717, 1.165) is 59.4 Å². The Morgan fingerprint density at radius 3 is 1.04 bits per heavy atom. The average molecular weight is 971 g/mol. The van der Waals surface area contributed by atoms with Crippen molar-refractivity contribution in [2.45, 2.75) is 154 Å². The molecular weight excluding hydrogens is 907 g/mol. The molecule has 0 N–H and O–H groups in total. The van der Waals surface area contributed by atoms with E-state index < -0.39 is 31.5 Å². The summed E-state index contributed by atoms with van der Waals surface area (Å²) in [4.78, 5) is 50.8. The summed E-state index contributed by atoms with van der Waals surface area (Å²) < 4.78 is 0. The predicted octanol–water partition coefficient (Wildman–Crippen LogP) is 9.11. The second-order valence-electron chi connectivity index (χ2n) is 13.7. The largest absolute Gasteiger partial charge is 2.00 e. The Hall–Kier alpha value is 2.41. The van der Waals surface area contributed by atoms with E-state index in [9.17, 15) is 19.6 Å². The molecule has 0 spiro atoms. The fraction of sp³-hybridized carbons (Fsp3) is 0.684. The van der Waals surface area contributed by atoms with Crippen LogP contribution < -0.4 is 19.6 Å². The SMILES string of the molecule is CCCCCCCCCS(c1ccccc1CC(C)C)=P([O-])([O-])[S-].CCCCCCCCCS(c1ccccc1CC(C)C)=P([O-])([O-])[S-].[Zn+2].[Zn+2].[Zn+2]. The summed E-state index contributed by atoms with van der Waals surface area (Å²) in [5, 5.41) is 0. The Kier molecular flexibility index (Phi) is 37.8. The minimum Gasteiger partial charge on any atom is -0.853 e. The average Bonchev–Trinajstić information content (AvgIpc) is 2.99. The van der Waals surface area contributed by atoms with Crippen molar-refractivity contribution in [1.82, 2.24) is 0 Å². The third kappa shape index (κ3) is 26.9. The van der Waals surface area contributed by atoms with Crippen molar-refractivity contribution in [2.24, 2.45) is 11.8 Å². The summed E-state index contributed by atoms with van der Waals surface area (Å²) in [7, 11) is -1.65. The van der Waals surface area contributed by atoms with Crippen LogP contribution in [0.5, 0.6) is 0 Å². The molecule has 0 radical (unpaired) electrons. The first-order valence-electron chi connectivity index (χ1n) is 18.3. The van der Waals surface area contributed by atoms with Crippen LogP contribution in [-0.2, 0) is 116 Å². The van der Waals surface area contributed by atoms with Crippen LogP contribution in [0.2, 0.25) is 0 Å². The molecule has 13 heteroatoms. The summed E-state index contributed by atoms with van der Waals surface area (Å²) in [6.45, 7) is 13.1. The first-order chi connectivity index (χ1) is 22.7. The molecule has 0 heterocycles. The zero-order valence-electron chi connectivity index (χ0n) is 32.8. The smallest absolute Gasteiger partial charge is 0.853 e. The summed E-state index contributed by atoms with van der Waals surface area (Å²) in [6.07, 6.45) is 18.5. The molecule has 51 heavy (non-hydrogen) atoms. The molecule has 4 nitrogen and oxygen atoms in total. The Morgan fingerprint density at radius 2 is 0.765 bits per heavy atom. The first-order valence-corrected chi connectivity index (χ1v) is 27.6. The fourth-order valence-electron chi connectivity index (χ4n) is 5.76. The van der Waals surface area contributed by atoms with Crippen LogP contribution in [-0.4, -0.2) is 11.5 Å². The van der Waals surface area contributed by atoms with Crippen LogP contribution in [0.15, 0.2) is 58.3 Å². The van der Waals surface area contributed by atoms with Gasteiger partial charge in [-0.3, -0.25) is 0 Å². The molecule has 0 aromatic heterocycles. The second-order valence-corrected chi connectivity index (χ2v) is 28.4. The molecule has 0 bridgehead atoms. The molecule has 2 aromatic carbocycles. The first kappa shape index (κ1) is 57.7. The minimum atomic E-state index is -3.77. The molecule has 0 saturated heterocycles. The van der Waals surface area contributed by atoms with Crippen molar-refractivity contribution in [2.75, 3.05) is 11.5 Å². The molecule has 0 aliphatic carbocycles. The monoisotopic (exact) mass is 966 g/mol. The number of benzene rings is 2. The molecule has 2 atom stereocenters. The second kappa shape index (κ2) is 33.4. The standard InChI is InChI=1S/2C19H32O2PS2.3Zn/c2*1-4-5-6-7-8-9-12-15-24(22(20,21)23)19-14-11-10-13-18(19)16-17(2)3;;;/h2*10-11,13-14,17H,4-9,12,15-16H2,1-3H3;;;/q2*-3;3*+2. The van der Waals surface area contributed by atoms with Crippen molar-refractivity contribution in [3.05, 3.63) is 59.7 Å². The van der Waals surface area contributed by atoms with Crippen LogP contribution in [0.1, 0.15) is 143 Å². The van der Waals surface area contributed by atoms with Crippen LogP contribution in [0, 0.1) is 11.8 Å². The van der Waals surface area contributed by atoms with E-state index >= 15 is 0 Å². The van der Waals surface area contributed by atoms with Gasteiger partial charge in [0.25, 0.3) is 0 Å². The number of hydrogen-bond donors (Lipinski definition) is 0. The maximum atomic E-state index is 12.2. The van der Waals surface area contributed by atoms with Crippen molar-refractivity contribution in [1.29, 1.82) is 0 Å². The van der Waals surface area contributed by atoms with E-state index in [1.807, 2.05) is 36.4 Å². The van der Waals surface area contributed by atoms with Gasteiger partial charge in [0.05, 0.1) is 0 Å². The molecule has 0 saturated carbocycles. The fourth-order valence-corrected chi connectivity index (χ4v) is 16.9. The van der Waals surface area contributed by atoms with Crippen molar-refractivity contribution in [3.63, 3.8) is 0 Å². The van der Waals surface area contributed by atoms with Gasteiger partial charge >= 0.3 is 58.4 Å². The molecule has 280 valence electrons. The molecule has 0 fully saturated rings. The normalized spacial score (nSPS) is 12.7. The quantitative estimate of drug-likeness (QED) is 0.0507. The van der Waals surface area contributed by atoms with Gasteiger partial charge in [0.15, 0.2) is 0 Å². The Bertz CT molecular complexity index is 1170. The molecular formula is C38H64O4P2S4Zn3. The third-order valence-corrected chi connectivity index (χ3v) is 21.1. The van der Waals surface area contributed by atoms with Gasteiger partial charge in [0.2, 0.25) is 0 Å². The zero-order valence-corrected chi connectivity index (χ0v) is 46.7. The maximum absolute atomic E-state index is 12.2. The van der Waals surface area contributed by atoms with E-state index in [-0.39, 0.29) is 58.4 Å². The molecule has 0 aliphatic heterocycles. The topological polar surface area (TPSA) is 92.2 Å². The van der Waals surface area contributed by atoms with Crippen molar-refractivity contribution in [3.8, 4) is 0 Å². The molecule has 0 amide bonds. The zero-order chi connectivity index (χ0) is 36.0. The molecule has 2 unspecified atom stereocenters.